The van der Waals surface area contributed by atoms with Gasteiger partial charge in [0.15, 0.2) is 11.5 Å². The van der Waals surface area contributed by atoms with Gasteiger partial charge >= 0.3 is 0 Å². The molecule has 1 N–H and O–H groups in total. The zero-order valence-corrected chi connectivity index (χ0v) is 17.5. The van der Waals surface area contributed by atoms with Crippen LogP contribution in [0.2, 0.25) is 0 Å². The van der Waals surface area contributed by atoms with Crippen molar-refractivity contribution in [2.75, 3.05) is 32.6 Å². The number of nitrogens with one attached hydrogen (secondary N) is 1. The lowest BCUT2D eigenvalue weighted by Crippen LogP contribution is -2.31. The number of benzene rings is 2. The molecule has 0 spiro atoms. The van der Waals surface area contributed by atoms with Crippen molar-refractivity contribution < 1.29 is 22.7 Å². The first kappa shape index (κ1) is 21.1. The summed E-state index contributed by atoms with van der Waals surface area (Å²) in [6.07, 6.45) is 3.90. The van der Waals surface area contributed by atoms with E-state index >= 15 is 0 Å². The van der Waals surface area contributed by atoms with Gasteiger partial charge in [-0.15, -0.1) is 0 Å². The third-order valence-corrected chi connectivity index (χ3v) is 6.87. The van der Waals surface area contributed by atoms with Crippen LogP contribution < -0.4 is 14.8 Å². The normalized spacial score (nSPS) is 15.4. The van der Waals surface area contributed by atoms with E-state index in [-0.39, 0.29) is 10.8 Å². The minimum atomic E-state index is -3.51. The number of sulfonamides is 1. The molecule has 0 unspecified atom stereocenters. The molecule has 0 aliphatic carbocycles. The maximum atomic E-state index is 12.8. The van der Waals surface area contributed by atoms with E-state index in [4.69, 9.17) is 9.47 Å². The van der Waals surface area contributed by atoms with Gasteiger partial charge in [0.2, 0.25) is 10.0 Å². The van der Waals surface area contributed by atoms with Crippen molar-refractivity contribution in [1.29, 1.82) is 0 Å². The first-order chi connectivity index (χ1) is 14.0. The summed E-state index contributed by atoms with van der Waals surface area (Å²) in [4.78, 5) is 12.8. The Balaban J connectivity index is 1.72. The maximum Gasteiger partial charge on any atom is 0.255 e. The Morgan fingerprint density at radius 3 is 2.10 bits per heavy atom. The molecule has 0 bridgehead atoms. The first-order valence-electron chi connectivity index (χ1n) is 9.59. The topological polar surface area (TPSA) is 84.9 Å². The van der Waals surface area contributed by atoms with Crippen LogP contribution in [0.1, 0.15) is 36.0 Å². The van der Waals surface area contributed by atoms with Gasteiger partial charge in [0.1, 0.15) is 0 Å². The number of rotatable bonds is 6. The van der Waals surface area contributed by atoms with Crippen molar-refractivity contribution in [2.24, 2.45) is 0 Å². The van der Waals surface area contributed by atoms with E-state index in [1.54, 1.807) is 34.6 Å². The molecule has 0 atom stereocenters. The second-order valence-corrected chi connectivity index (χ2v) is 8.80. The van der Waals surface area contributed by atoms with Crippen molar-refractivity contribution in [3.63, 3.8) is 0 Å². The zero-order valence-electron chi connectivity index (χ0n) is 16.7. The van der Waals surface area contributed by atoms with Gasteiger partial charge < -0.3 is 14.8 Å². The van der Waals surface area contributed by atoms with Gasteiger partial charge in [-0.3, -0.25) is 4.79 Å². The molecule has 1 heterocycles. The van der Waals surface area contributed by atoms with E-state index in [0.29, 0.717) is 35.8 Å². The predicted octanol–water partition coefficient (Wildman–Crippen LogP) is 3.52. The molecule has 2 aromatic carbocycles. The Kier molecular flexibility index (Phi) is 6.76. The van der Waals surface area contributed by atoms with Crippen LogP contribution in [0, 0.1) is 0 Å². The Bertz CT molecular complexity index is 950. The van der Waals surface area contributed by atoms with Gasteiger partial charge in [-0.25, -0.2) is 8.42 Å². The van der Waals surface area contributed by atoms with Crippen LogP contribution >= 0.6 is 0 Å². The van der Waals surface area contributed by atoms with Crippen LogP contribution in [0.3, 0.4) is 0 Å². The number of methoxy groups -OCH3 is 2. The summed E-state index contributed by atoms with van der Waals surface area (Å²) in [7, 11) is -0.480. The van der Waals surface area contributed by atoms with E-state index in [2.05, 4.69) is 5.32 Å². The summed E-state index contributed by atoms with van der Waals surface area (Å²) in [5.74, 6) is 0.667. The van der Waals surface area contributed by atoms with Crippen LogP contribution in [0.15, 0.2) is 47.4 Å². The van der Waals surface area contributed by atoms with Gasteiger partial charge in [-0.05, 0) is 55.3 Å². The lowest BCUT2D eigenvalue weighted by molar-refractivity contribution is 0.102. The number of nitrogens with zero attached hydrogens (tertiary/aromatic N) is 1. The average molecular weight is 419 g/mol. The number of carbonyl (C=O) groups excluding carboxylic acids is 1. The van der Waals surface area contributed by atoms with E-state index in [1.807, 2.05) is 0 Å². The van der Waals surface area contributed by atoms with Crippen LogP contribution in [-0.4, -0.2) is 45.9 Å². The molecule has 8 heteroatoms. The van der Waals surface area contributed by atoms with E-state index < -0.39 is 10.0 Å². The highest BCUT2D eigenvalue weighted by Crippen LogP contribution is 2.28. The number of hydrogen-bond acceptors (Lipinski definition) is 5. The third kappa shape index (κ3) is 4.89. The molecular formula is C21H26N2O5S. The van der Waals surface area contributed by atoms with Gasteiger partial charge in [0.25, 0.3) is 5.91 Å². The van der Waals surface area contributed by atoms with Crippen molar-refractivity contribution in [1.82, 2.24) is 4.31 Å². The molecule has 29 heavy (non-hydrogen) atoms. The standard InChI is InChI=1S/C21H26N2O5S/c1-27-19-12-7-16(15-20(19)28-2)21(24)22-17-8-10-18(11-9-17)29(25,26)23-13-5-3-4-6-14-23/h7-12,15H,3-6,13-14H2,1-2H3,(H,22,24). The van der Waals surface area contributed by atoms with E-state index in [9.17, 15) is 13.2 Å². The fourth-order valence-corrected chi connectivity index (χ4v) is 4.84. The van der Waals surface area contributed by atoms with Crippen LogP contribution in [-0.2, 0) is 10.0 Å². The summed E-state index contributed by atoms with van der Waals surface area (Å²) < 4.78 is 37.6. The highest BCUT2D eigenvalue weighted by molar-refractivity contribution is 7.89. The van der Waals surface area contributed by atoms with Crippen LogP contribution in [0.5, 0.6) is 11.5 Å². The molecule has 0 saturated carbocycles. The quantitative estimate of drug-likeness (QED) is 0.776. The molecule has 1 fully saturated rings. The highest BCUT2D eigenvalue weighted by atomic mass is 32.2. The fourth-order valence-electron chi connectivity index (χ4n) is 3.32. The summed E-state index contributed by atoms with van der Waals surface area (Å²) in [5, 5.41) is 2.77. The molecule has 0 radical (unpaired) electrons. The van der Waals surface area contributed by atoms with Crippen molar-refractivity contribution in [2.45, 2.75) is 30.6 Å². The van der Waals surface area contributed by atoms with E-state index in [1.165, 1.54) is 26.4 Å². The average Bonchev–Trinajstić information content (AvgIpc) is 3.03. The Morgan fingerprint density at radius 1 is 0.897 bits per heavy atom. The van der Waals surface area contributed by atoms with Crippen molar-refractivity contribution >= 4 is 21.6 Å². The first-order valence-corrected chi connectivity index (χ1v) is 11.0. The number of hydrogen-bond donors (Lipinski definition) is 1. The van der Waals surface area contributed by atoms with Crippen LogP contribution in [0.4, 0.5) is 5.69 Å². The summed E-state index contributed by atoms with van der Waals surface area (Å²) in [5.41, 5.74) is 0.920. The van der Waals surface area contributed by atoms with Crippen molar-refractivity contribution in [3.8, 4) is 11.5 Å². The van der Waals surface area contributed by atoms with Crippen molar-refractivity contribution in [3.05, 3.63) is 48.0 Å². The minimum Gasteiger partial charge on any atom is -0.493 e. The lowest BCUT2D eigenvalue weighted by atomic mass is 10.2. The zero-order chi connectivity index (χ0) is 20.9. The predicted molar refractivity (Wildman–Crippen MR) is 111 cm³/mol. The molecule has 1 amide bonds. The van der Waals surface area contributed by atoms with Crippen LogP contribution in [0.25, 0.3) is 0 Å². The number of anilines is 1. The maximum absolute atomic E-state index is 12.8. The van der Waals surface area contributed by atoms with Gasteiger partial charge in [0.05, 0.1) is 19.1 Å². The number of ether oxygens (including phenoxy) is 2. The molecule has 0 aromatic heterocycles. The van der Waals surface area contributed by atoms with Gasteiger partial charge in [0, 0.05) is 24.3 Å². The van der Waals surface area contributed by atoms with Gasteiger partial charge in [-0.2, -0.15) is 4.31 Å². The number of amides is 1. The molecule has 1 aliphatic rings. The Hall–Kier alpha value is -2.58. The molecule has 7 nitrogen and oxygen atoms in total. The molecule has 2 aromatic rings. The largest absolute Gasteiger partial charge is 0.493 e. The molecular weight excluding hydrogens is 392 g/mol. The molecule has 1 saturated heterocycles. The lowest BCUT2D eigenvalue weighted by Gasteiger charge is -2.20. The Labute approximate surface area is 171 Å². The SMILES string of the molecule is COc1ccc(C(=O)Nc2ccc(S(=O)(=O)N3CCCCCC3)cc2)cc1OC. The highest BCUT2D eigenvalue weighted by Gasteiger charge is 2.25. The Morgan fingerprint density at radius 2 is 1.52 bits per heavy atom. The summed E-state index contributed by atoms with van der Waals surface area (Å²) in [6, 6.07) is 11.1. The smallest absolute Gasteiger partial charge is 0.255 e. The minimum absolute atomic E-state index is 0.239. The monoisotopic (exact) mass is 418 g/mol. The molecule has 3 rings (SSSR count). The second-order valence-electron chi connectivity index (χ2n) is 6.87. The fraction of sp³-hybridized carbons (Fsp3) is 0.381. The third-order valence-electron chi connectivity index (χ3n) is 4.96. The van der Waals surface area contributed by atoms with Gasteiger partial charge in [-0.1, -0.05) is 12.8 Å². The van der Waals surface area contributed by atoms with E-state index in [0.717, 1.165) is 25.7 Å². The molecule has 156 valence electrons. The number of carbonyl (C=O) groups is 1. The summed E-state index contributed by atoms with van der Waals surface area (Å²) in [6.45, 7) is 1.11. The molecule has 1 aliphatic heterocycles. The summed E-state index contributed by atoms with van der Waals surface area (Å²) >= 11 is 0. The second kappa shape index (κ2) is 9.28.